The molecule has 0 rings (SSSR count). The van der Waals surface area contributed by atoms with Gasteiger partial charge in [0.1, 0.15) is 0 Å². The Hall–Kier alpha value is -1.16. The fourth-order valence-corrected chi connectivity index (χ4v) is 4.42. The minimum atomic E-state index is -0.913. The molecule has 198 valence electrons. The van der Waals surface area contributed by atoms with Crippen molar-refractivity contribution in [2.75, 3.05) is 24.6 Å². The van der Waals surface area contributed by atoms with Gasteiger partial charge in [-0.1, -0.05) is 31.8 Å². The summed E-state index contributed by atoms with van der Waals surface area (Å²) in [5, 5.41) is 6.74. The molecule has 2 amide bonds. The average Bonchev–Trinajstić information content (AvgIpc) is 2.75. The summed E-state index contributed by atoms with van der Waals surface area (Å²) in [7, 11) is 3.05. The van der Waals surface area contributed by atoms with Crippen molar-refractivity contribution in [3.63, 3.8) is 0 Å². The SMILES string of the molecule is Cl.Cl.[N-]=[N+]=NC(N)CCCC(N)C(=O)N(CCSSCCN)C(=O)C(N)CCCC(N)N=[N+]=[N-]. The van der Waals surface area contributed by atoms with Crippen molar-refractivity contribution in [3.05, 3.63) is 20.9 Å². The van der Waals surface area contributed by atoms with Crippen LogP contribution in [0.1, 0.15) is 38.5 Å². The Labute approximate surface area is 219 Å². The van der Waals surface area contributed by atoms with Crippen molar-refractivity contribution in [3.8, 4) is 0 Å². The fraction of sp³-hybridized carbons (Fsp3) is 0.875. The van der Waals surface area contributed by atoms with Gasteiger partial charge in [-0.3, -0.25) is 14.5 Å². The van der Waals surface area contributed by atoms with Crippen molar-refractivity contribution in [1.29, 1.82) is 0 Å². The van der Waals surface area contributed by atoms with E-state index in [1.807, 2.05) is 0 Å². The maximum atomic E-state index is 12.9. The normalized spacial score (nSPS) is 13.6. The van der Waals surface area contributed by atoms with Crippen LogP contribution in [0, 0.1) is 0 Å². The first kappa shape index (κ1) is 37.4. The number of nitrogens with zero attached hydrogens (tertiary/aromatic N) is 7. The van der Waals surface area contributed by atoms with Gasteiger partial charge in [0.25, 0.3) is 0 Å². The van der Waals surface area contributed by atoms with Gasteiger partial charge in [0.2, 0.25) is 11.8 Å². The van der Waals surface area contributed by atoms with Crippen LogP contribution < -0.4 is 28.7 Å². The molecule has 4 atom stereocenters. The Morgan fingerprint density at radius 3 is 1.59 bits per heavy atom. The maximum absolute atomic E-state index is 12.9. The Morgan fingerprint density at radius 2 is 1.21 bits per heavy atom. The summed E-state index contributed by atoms with van der Waals surface area (Å²) >= 11 is 0. The molecule has 0 aliphatic heterocycles. The number of amides is 2. The third-order valence-electron chi connectivity index (χ3n) is 4.28. The van der Waals surface area contributed by atoms with Crippen LogP contribution >= 0.6 is 46.4 Å². The molecule has 0 aromatic carbocycles. The highest BCUT2D eigenvalue weighted by molar-refractivity contribution is 8.76. The van der Waals surface area contributed by atoms with Gasteiger partial charge in [-0.25, -0.2) is 0 Å². The molecule has 0 aliphatic carbocycles. The Kier molecular flexibility index (Phi) is 25.9. The van der Waals surface area contributed by atoms with E-state index in [4.69, 9.17) is 39.7 Å². The van der Waals surface area contributed by atoms with Crippen molar-refractivity contribution in [2.24, 2.45) is 38.9 Å². The summed E-state index contributed by atoms with van der Waals surface area (Å²) in [6, 6.07) is -1.83. The zero-order valence-electron chi connectivity index (χ0n) is 18.8. The monoisotopic (exact) mass is 562 g/mol. The smallest absolute Gasteiger partial charge is 0.246 e. The quantitative estimate of drug-likeness (QED) is 0.0533. The lowest BCUT2D eigenvalue weighted by atomic mass is 10.1. The van der Waals surface area contributed by atoms with Gasteiger partial charge in [-0.2, -0.15) is 0 Å². The summed E-state index contributed by atoms with van der Waals surface area (Å²) < 4.78 is 0. The summed E-state index contributed by atoms with van der Waals surface area (Å²) in [4.78, 5) is 32.1. The number of hydrogen-bond donors (Lipinski definition) is 5. The third kappa shape index (κ3) is 17.3. The number of carbonyl (C=O) groups is 2. The molecule has 0 saturated carbocycles. The Balaban J connectivity index is -0.00000480. The van der Waals surface area contributed by atoms with Crippen LogP contribution in [0.3, 0.4) is 0 Å². The van der Waals surface area contributed by atoms with Crippen LogP contribution in [0.25, 0.3) is 20.9 Å². The number of imide groups is 1. The number of halogens is 2. The van der Waals surface area contributed by atoms with Gasteiger partial charge < -0.3 is 28.7 Å². The van der Waals surface area contributed by atoms with Crippen molar-refractivity contribution in [2.45, 2.75) is 62.9 Å². The molecule has 0 spiro atoms. The summed E-state index contributed by atoms with van der Waals surface area (Å²) in [5.41, 5.74) is 45.5. The predicted molar refractivity (Wildman–Crippen MR) is 143 cm³/mol. The first-order valence-corrected chi connectivity index (χ1v) is 12.7. The average molecular weight is 564 g/mol. The van der Waals surface area contributed by atoms with Gasteiger partial charge in [-0.15, -0.1) is 24.8 Å². The van der Waals surface area contributed by atoms with E-state index in [2.05, 4.69) is 20.1 Å². The van der Waals surface area contributed by atoms with Crippen LogP contribution in [-0.4, -0.2) is 65.7 Å². The van der Waals surface area contributed by atoms with E-state index >= 15 is 0 Å². The highest BCUT2D eigenvalue weighted by Gasteiger charge is 2.29. The lowest BCUT2D eigenvalue weighted by Crippen LogP contribution is -2.53. The molecule has 0 bridgehead atoms. The van der Waals surface area contributed by atoms with E-state index in [9.17, 15) is 9.59 Å². The van der Waals surface area contributed by atoms with E-state index in [0.29, 0.717) is 38.0 Å². The molecule has 18 heteroatoms. The number of hydrogen-bond acceptors (Lipinski definition) is 11. The second-order valence-corrected chi connectivity index (χ2v) is 9.58. The Bertz CT molecular complexity index is 620. The molecule has 4 unspecified atom stereocenters. The van der Waals surface area contributed by atoms with Crippen molar-refractivity contribution >= 4 is 58.2 Å². The van der Waals surface area contributed by atoms with Gasteiger partial charge in [0, 0.05) is 34.4 Å². The highest BCUT2D eigenvalue weighted by atomic mass is 35.5. The zero-order valence-corrected chi connectivity index (χ0v) is 22.1. The minimum absolute atomic E-state index is 0. The molecule has 0 fully saturated rings. The maximum Gasteiger partial charge on any atom is 0.246 e. The molecule has 10 N–H and O–H groups in total. The largest absolute Gasteiger partial charge is 0.330 e. The summed E-state index contributed by atoms with van der Waals surface area (Å²) in [6.45, 7) is 0.697. The lowest BCUT2D eigenvalue weighted by Gasteiger charge is -2.26. The van der Waals surface area contributed by atoms with Crippen LogP contribution in [0.2, 0.25) is 0 Å². The van der Waals surface area contributed by atoms with Gasteiger partial charge in [0.15, 0.2) is 0 Å². The number of rotatable bonds is 18. The first-order chi connectivity index (χ1) is 15.3. The number of azide groups is 2. The van der Waals surface area contributed by atoms with Crippen LogP contribution in [0.5, 0.6) is 0 Å². The molecule has 0 aromatic heterocycles. The Morgan fingerprint density at radius 1 is 0.794 bits per heavy atom. The molecular formula is C16H36Cl2N12O2S2. The number of carbonyl (C=O) groups excluding carboxylic acids is 2. The molecule has 34 heavy (non-hydrogen) atoms. The lowest BCUT2D eigenvalue weighted by molar-refractivity contribution is -0.146. The predicted octanol–water partition coefficient (Wildman–Crippen LogP) is 1.71. The van der Waals surface area contributed by atoms with E-state index in [1.165, 1.54) is 10.8 Å². The van der Waals surface area contributed by atoms with Crippen LogP contribution in [0.15, 0.2) is 10.2 Å². The molecule has 0 heterocycles. The third-order valence-corrected chi connectivity index (χ3v) is 6.70. The molecule has 0 aromatic rings. The van der Waals surface area contributed by atoms with Gasteiger partial charge in [0.05, 0.1) is 24.4 Å². The van der Waals surface area contributed by atoms with E-state index in [0.717, 1.165) is 10.7 Å². The summed E-state index contributed by atoms with van der Waals surface area (Å²) in [6.07, 6.45) is 0.831. The van der Waals surface area contributed by atoms with Crippen molar-refractivity contribution in [1.82, 2.24) is 4.90 Å². The minimum Gasteiger partial charge on any atom is -0.330 e. The standard InChI is InChI=1S/C16H34N12O2S2.2ClH/c17-7-9-31-32-10-8-28(15(29)11(18)3-1-5-13(20)24-26-22)16(30)12(19)4-2-6-14(21)25-27-23;;/h11-14H,1-10,17-21H2;2*1H. The molecule has 0 saturated heterocycles. The van der Waals surface area contributed by atoms with Crippen LogP contribution in [-0.2, 0) is 9.59 Å². The van der Waals surface area contributed by atoms with Crippen molar-refractivity contribution < 1.29 is 9.59 Å². The second-order valence-electron chi connectivity index (χ2n) is 6.88. The summed E-state index contributed by atoms with van der Waals surface area (Å²) in [5.74, 6) is 0.226. The second kappa shape index (κ2) is 23.6. The van der Waals surface area contributed by atoms with E-state index < -0.39 is 36.2 Å². The van der Waals surface area contributed by atoms with E-state index in [1.54, 1.807) is 10.8 Å². The van der Waals surface area contributed by atoms with E-state index in [-0.39, 0.29) is 44.2 Å². The fourth-order valence-electron chi connectivity index (χ4n) is 2.61. The number of nitrogens with two attached hydrogens (primary N) is 5. The molecule has 0 aliphatic rings. The van der Waals surface area contributed by atoms with Gasteiger partial charge in [-0.05, 0) is 49.6 Å². The topological polar surface area (TPSA) is 265 Å². The van der Waals surface area contributed by atoms with Gasteiger partial charge >= 0.3 is 0 Å². The first-order valence-electron chi connectivity index (χ1n) is 10.2. The highest BCUT2D eigenvalue weighted by Crippen LogP contribution is 2.20. The zero-order chi connectivity index (χ0) is 24.4. The molecular weight excluding hydrogens is 527 g/mol. The van der Waals surface area contributed by atoms with Crippen LogP contribution in [0.4, 0.5) is 0 Å². The molecule has 0 radical (unpaired) electrons. The molecule has 14 nitrogen and oxygen atoms in total.